The average molecular weight is 375 g/mol. The number of nitrogens with zero attached hydrogens (tertiary/aromatic N) is 3. The van der Waals surface area contributed by atoms with Gasteiger partial charge in [0.1, 0.15) is 11.0 Å². The lowest BCUT2D eigenvalue weighted by atomic mass is 10.2. The van der Waals surface area contributed by atoms with Gasteiger partial charge in [0.2, 0.25) is 21.1 Å². The van der Waals surface area contributed by atoms with E-state index in [2.05, 4.69) is 22.4 Å². The predicted molar refractivity (Wildman–Crippen MR) is 95.6 cm³/mol. The Bertz CT molecular complexity index is 645. The molecule has 1 unspecified atom stereocenters. The quantitative estimate of drug-likeness (QED) is 0.670. The molecule has 7 nitrogen and oxygen atoms in total. The second-order valence-corrected chi connectivity index (χ2v) is 9.14. The average Bonchev–Trinajstić information content (AvgIpc) is 3.17. The summed E-state index contributed by atoms with van der Waals surface area (Å²) in [6, 6.07) is -0.631. The first-order valence-electron chi connectivity index (χ1n) is 8.60. The summed E-state index contributed by atoms with van der Waals surface area (Å²) in [6.45, 7) is 4.38. The lowest BCUT2D eigenvalue weighted by molar-refractivity contribution is -0.119. The number of aryl methyl sites for hydroxylation is 1. The van der Waals surface area contributed by atoms with E-state index in [9.17, 15) is 13.2 Å². The van der Waals surface area contributed by atoms with Crippen molar-refractivity contribution in [2.24, 2.45) is 0 Å². The van der Waals surface area contributed by atoms with E-state index in [0.717, 1.165) is 30.7 Å². The van der Waals surface area contributed by atoms with Gasteiger partial charge in [0, 0.05) is 13.0 Å². The van der Waals surface area contributed by atoms with Gasteiger partial charge < -0.3 is 0 Å². The maximum atomic E-state index is 12.5. The third-order valence-electron chi connectivity index (χ3n) is 4.02. The fraction of sp³-hybridized carbons (Fsp3) is 0.800. The van der Waals surface area contributed by atoms with E-state index in [1.54, 1.807) is 0 Å². The SMILES string of the molecule is CCCCCc1nnc(NC(=O)C2CCCN2S(=O)(=O)CCC)s1. The van der Waals surface area contributed by atoms with Crippen molar-refractivity contribution in [3.05, 3.63) is 5.01 Å². The van der Waals surface area contributed by atoms with E-state index in [1.165, 1.54) is 15.6 Å². The van der Waals surface area contributed by atoms with E-state index in [4.69, 9.17) is 0 Å². The number of amides is 1. The number of carbonyl (C=O) groups is 1. The molecule has 1 aromatic rings. The molecule has 0 bridgehead atoms. The molecular weight excluding hydrogens is 348 g/mol. The first-order chi connectivity index (χ1) is 11.5. The largest absolute Gasteiger partial charge is 0.299 e. The van der Waals surface area contributed by atoms with E-state index in [-0.39, 0.29) is 11.7 Å². The van der Waals surface area contributed by atoms with Gasteiger partial charge in [0.05, 0.1) is 5.75 Å². The van der Waals surface area contributed by atoms with Crippen LogP contribution in [0, 0.1) is 0 Å². The van der Waals surface area contributed by atoms with Gasteiger partial charge in [0.25, 0.3) is 0 Å². The minimum atomic E-state index is -3.37. The summed E-state index contributed by atoms with van der Waals surface area (Å²) in [5, 5.41) is 12.2. The fourth-order valence-electron chi connectivity index (χ4n) is 2.83. The molecule has 0 aromatic carbocycles. The molecule has 0 saturated carbocycles. The Balaban J connectivity index is 1.96. The van der Waals surface area contributed by atoms with E-state index in [1.807, 2.05) is 6.92 Å². The van der Waals surface area contributed by atoms with E-state index < -0.39 is 16.1 Å². The van der Waals surface area contributed by atoms with Crippen LogP contribution in [-0.4, -0.2) is 47.2 Å². The number of hydrogen-bond donors (Lipinski definition) is 1. The summed E-state index contributed by atoms with van der Waals surface area (Å²) in [5.41, 5.74) is 0. The van der Waals surface area contributed by atoms with Crippen molar-refractivity contribution in [1.82, 2.24) is 14.5 Å². The molecule has 1 aliphatic heterocycles. The number of hydrogen-bond acceptors (Lipinski definition) is 6. The van der Waals surface area contributed by atoms with E-state index >= 15 is 0 Å². The van der Waals surface area contributed by atoms with Crippen LogP contribution in [0.3, 0.4) is 0 Å². The number of nitrogens with one attached hydrogen (secondary N) is 1. The summed E-state index contributed by atoms with van der Waals surface area (Å²) in [5.74, 6) is -0.222. The van der Waals surface area contributed by atoms with Crippen LogP contribution in [0.4, 0.5) is 5.13 Å². The van der Waals surface area contributed by atoms with Crippen molar-refractivity contribution in [3.63, 3.8) is 0 Å². The van der Waals surface area contributed by atoms with Crippen LogP contribution in [0.5, 0.6) is 0 Å². The molecule has 1 atom stereocenters. The van der Waals surface area contributed by atoms with Gasteiger partial charge >= 0.3 is 0 Å². The van der Waals surface area contributed by atoms with Crippen molar-refractivity contribution in [3.8, 4) is 0 Å². The molecule has 1 amide bonds. The van der Waals surface area contributed by atoms with Crippen LogP contribution in [0.1, 0.15) is 57.4 Å². The van der Waals surface area contributed by atoms with Crippen LogP contribution < -0.4 is 5.32 Å². The summed E-state index contributed by atoms with van der Waals surface area (Å²) < 4.78 is 25.9. The van der Waals surface area contributed by atoms with Gasteiger partial charge in [0.15, 0.2) is 0 Å². The standard InChI is InChI=1S/C15H26N4O3S2/c1-3-5-6-9-13-17-18-15(23-13)16-14(20)12-8-7-10-19(12)24(21,22)11-4-2/h12H,3-11H2,1-2H3,(H,16,18,20). The van der Waals surface area contributed by atoms with E-state index in [0.29, 0.717) is 30.9 Å². The molecule has 0 aliphatic carbocycles. The molecule has 1 fully saturated rings. The Morgan fingerprint density at radius 1 is 1.29 bits per heavy atom. The highest BCUT2D eigenvalue weighted by Crippen LogP contribution is 2.24. The van der Waals surface area contributed by atoms with Crippen molar-refractivity contribution < 1.29 is 13.2 Å². The number of carbonyl (C=O) groups excluding carboxylic acids is 1. The number of sulfonamides is 1. The van der Waals surface area contributed by atoms with Crippen molar-refractivity contribution in [2.75, 3.05) is 17.6 Å². The van der Waals surface area contributed by atoms with Gasteiger partial charge in [-0.15, -0.1) is 10.2 Å². The molecule has 0 radical (unpaired) electrons. The van der Waals surface area contributed by atoms with Gasteiger partial charge in [-0.1, -0.05) is 38.0 Å². The predicted octanol–water partition coefficient (Wildman–Crippen LogP) is 2.41. The van der Waals surface area contributed by atoms with Crippen LogP contribution in [0.25, 0.3) is 0 Å². The second kappa shape index (κ2) is 8.87. The summed E-state index contributed by atoms with van der Waals surface area (Å²) in [4.78, 5) is 12.5. The van der Waals surface area contributed by atoms with Crippen LogP contribution in [0.2, 0.25) is 0 Å². The summed E-state index contributed by atoms with van der Waals surface area (Å²) in [7, 11) is -3.37. The third-order valence-corrected chi connectivity index (χ3v) is 6.99. The van der Waals surface area contributed by atoms with Crippen molar-refractivity contribution in [1.29, 1.82) is 0 Å². The Morgan fingerprint density at radius 3 is 2.79 bits per heavy atom. The molecule has 136 valence electrons. The van der Waals surface area contributed by atoms with Gasteiger partial charge in [-0.3, -0.25) is 10.1 Å². The van der Waals surface area contributed by atoms with Crippen LogP contribution in [0.15, 0.2) is 0 Å². The number of aromatic nitrogens is 2. The Kier molecular flexibility index (Phi) is 7.12. The van der Waals surface area contributed by atoms with Crippen molar-refractivity contribution in [2.45, 2.75) is 64.8 Å². The van der Waals surface area contributed by atoms with Gasteiger partial charge in [-0.25, -0.2) is 8.42 Å². The molecule has 1 aromatic heterocycles. The van der Waals surface area contributed by atoms with Crippen LogP contribution in [-0.2, 0) is 21.2 Å². The molecule has 1 N–H and O–H groups in total. The molecule has 2 heterocycles. The minimum Gasteiger partial charge on any atom is -0.299 e. The van der Waals surface area contributed by atoms with Gasteiger partial charge in [-0.2, -0.15) is 4.31 Å². The zero-order chi connectivity index (χ0) is 17.6. The second-order valence-electron chi connectivity index (χ2n) is 6.03. The first kappa shape index (κ1) is 19.3. The maximum Gasteiger partial charge on any atom is 0.244 e. The molecule has 0 spiro atoms. The zero-order valence-corrected chi connectivity index (χ0v) is 16.0. The number of anilines is 1. The summed E-state index contributed by atoms with van der Waals surface area (Å²) >= 11 is 1.37. The third kappa shape index (κ3) is 4.97. The Labute approximate surface area is 147 Å². The summed E-state index contributed by atoms with van der Waals surface area (Å²) in [6.07, 6.45) is 6.02. The highest BCUT2D eigenvalue weighted by Gasteiger charge is 2.38. The highest BCUT2D eigenvalue weighted by atomic mass is 32.2. The zero-order valence-electron chi connectivity index (χ0n) is 14.3. The fourth-order valence-corrected chi connectivity index (χ4v) is 5.36. The number of rotatable bonds is 9. The topological polar surface area (TPSA) is 92.3 Å². The first-order valence-corrected chi connectivity index (χ1v) is 11.0. The van der Waals surface area contributed by atoms with Crippen molar-refractivity contribution >= 4 is 32.4 Å². The highest BCUT2D eigenvalue weighted by molar-refractivity contribution is 7.89. The molecule has 24 heavy (non-hydrogen) atoms. The normalized spacial score (nSPS) is 18.8. The van der Waals surface area contributed by atoms with Gasteiger partial charge in [-0.05, 0) is 25.7 Å². The Morgan fingerprint density at radius 2 is 2.08 bits per heavy atom. The monoisotopic (exact) mass is 374 g/mol. The Hall–Kier alpha value is -1.06. The maximum absolute atomic E-state index is 12.5. The smallest absolute Gasteiger partial charge is 0.244 e. The molecular formula is C15H26N4O3S2. The number of unbranched alkanes of at least 4 members (excludes halogenated alkanes) is 2. The molecule has 1 aliphatic rings. The van der Waals surface area contributed by atoms with Crippen LogP contribution >= 0.6 is 11.3 Å². The lowest BCUT2D eigenvalue weighted by Crippen LogP contribution is -2.44. The molecule has 2 rings (SSSR count). The minimum absolute atomic E-state index is 0.0805. The molecule has 9 heteroatoms. The lowest BCUT2D eigenvalue weighted by Gasteiger charge is -2.22. The molecule has 1 saturated heterocycles.